The molecule has 2 aliphatic heterocycles. The fraction of sp³-hybridized carbons (Fsp3) is 0.545. The first-order chi connectivity index (χ1) is 14.3. The lowest BCUT2D eigenvalue weighted by Gasteiger charge is -2.37. The second-order valence-electron chi connectivity index (χ2n) is 9.01. The molecule has 0 radical (unpaired) electrons. The maximum Gasteiger partial charge on any atom is 0.272 e. The Hall–Kier alpha value is -2.19. The zero-order valence-corrected chi connectivity index (χ0v) is 18.3. The van der Waals surface area contributed by atoms with E-state index in [1.165, 1.54) is 0 Å². The van der Waals surface area contributed by atoms with Gasteiger partial charge in [0.2, 0.25) is 10.0 Å². The Bertz CT molecular complexity index is 1070. The molecular formula is C22H28N4O3S. The molecule has 0 spiro atoms. The van der Waals surface area contributed by atoms with Gasteiger partial charge in [-0.15, -0.1) is 0 Å². The lowest BCUT2D eigenvalue weighted by atomic mass is 9.93. The third-order valence-electron chi connectivity index (χ3n) is 7.11. The zero-order chi connectivity index (χ0) is 21.0. The third kappa shape index (κ3) is 3.26. The summed E-state index contributed by atoms with van der Waals surface area (Å²) in [6, 6.07) is 7.24. The van der Waals surface area contributed by atoms with E-state index in [9.17, 15) is 13.2 Å². The van der Waals surface area contributed by atoms with Crippen LogP contribution in [0, 0.1) is 25.7 Å². The lowest BCUT2D eigenvalue weighted by Crippen LogP contribution is -2.53. The molecule has 7 nitrogen and oxygen atoms in total. The molecule has 1 saturated heterocycles. The van der Waals surface area contributed by atoms with Gasteiger partial charge in [-0.3, -0.25) is 9.48 Å². The highest BCUT2D eigenvalue weighted by Gasteiger charge is 2.46. The van der Waals surface area contributed by atoms with E-state index in [2.05, 4.69) is 10.4 Å². The van der Waals surface area contributed by atoms with E-state index < -0.39 is 10.0 Å². The average Bonchev–Trinajstić information content (AvgIpc) is 3.36. The molecule has 1 aromatic heterocycles. The number of carbonyl (C=O) groups is 1. The van der Waals surface area contributed by atoms with Crippen molar-refractivity contribution >= 4 is 15.9 Å². The molecule has 1 amide bonds. The van der Waals surface area contributed by atoms with Crippen LogP contribution >= 0.6 is 0 Å². The quantitative estimate of drug-likeness (QED) is 0.810. The van der Waals surface area contributed by atoms with Crippen LogP contribution in [0.25, 0.3) is 0 Å². The molecule has 3 atom stereocenters. The highest BCUT2D eigenvalue weighted by atomic mass is 32.2. The summed E-state index contributed by atoms with van der Waals surface area (Å²) in [6.45, 7) is 5.70. The highest BCUT2D eigenvalue weighted by molar-refractivity contribution is 7.89. The SMILES string of the molecule is Cc1ccc(S(=O)(=O)N2C[C@H]3CC[C@@H](C2)C3NC(=O)c2cc3n(n2)CCC3)cc1C. The number of aryl methyl sites for hydroxylation is 4. The standard InChI is InChI=1S/C22H28N4O3S/c1-14-5-8-19(10-15(14)2)30(28,29)25-12-16-6-7-17(13-25)21(16)23-22(27)20-11-18-4-3-9-26(18)24-20/h5,8,10-11,16-17,21H,3-4,6-7,9,12-13H2,1-2H3,(H,23,27)/t16-,17+,21?. The van der Waals surface area contributed by atoms with Gasteiger partial charge in [0.25, 0.3) is 5.91 Å². The number of hydrogen-bond donors (Lipinski definition) is 1. The second-order valence-corrected chi connectivity index (χ2v) is 11.0. The molecule has 5 rings (SSSR count). The van der Waals surface area contributed by atoms with Gasteiger partial charge in [0, 0.05) is 31.4 Å². The van der Waals surface area contributed by atoms with E-state index in [4.69, 9.17) is 0 Å². The Kier molecular flexibility index (Phi) is 4.74. The van der Waals surface area contributed by atoms with Gasteiger partial charge in [-0.1, -0.05) is 6.07 Å². The predicted molar refractivity (Wildman–Crippen MR) is 113 cm³/mol. The van der Waals surface area contributed by atoms with Crippen LogP contribution in [0.4, 0.5) is 0 Å². The van der Waals surface area contributed by atoms with Crippen LogP contribution in [-0.2, 0) is 23.0 Å². The lowest BCUT2D eigenvalue weighted by molar-refractivity contribution is 0.0881. The Morgan fingerprint density at radius 1 is 1.10 bits per heavy atom. The summed E-state index contributed by atoms with van der Waals surface area (Å²) < 4.78 is 30.0. The normalized spacial score (nSPS) is 26.0. The number of nitrogens with zero attached hydrogens (tertiary/aromatic N) is 3. The van der Waals surface area contributed by atoms with Crippen molar-refractivity contribution < 1.29 is 13.2 Å². The number of sulfonamides is 1. The van der Waals surface area contributed by atoms with Crippen LogP contribution in [0.3, 0.4) is 0 Å². The minimum absolute atomic E-state index is 0.0141. The summed E-state index contributed by atoms with van der Waals surface area (Å²) in [5, 5.41) is 7.61. The van der Waals surface area contributed by atoms with Crippen molar-refractivity contribution in [2.45, 2.75) is 57.0 Å². The van der Waals surface area contributed by atoms with Crippen LogP contribution in [0.2, 0.25) is 0 Å². The topological polar surface area (TPSA) is 84.3 Å². The second kappa shape index (κ2) is 7.20. The minimum atomic E-state index is -3.52. The van der Waals surface area contributed by atoms with Crippen molar-refractivity contribution in [3.63, 3.8) is 0 Å². The molecule has 1 unspecified atom stereocenters. The van der Waals surface area contributed by atoms with Crippen molar-refractivity contribution in [2.24, 2.45) is 11.8 Å². The molecule has 2 bridgehead atoms. The zero-order valence-electron chi connectivity index (χ0n) is 17.5. The van der Waals surface area contributed by atoms with Gasteiger partial charge in [-0.25, -0.2) is 8.42 Å². The summed E-state index contributed by atoms with van der Waals surface area (Å²) in [5.74, 6) is 0.149. The number of benzene rings is 1. The summed E-state index contributed by atoms with van der Waals surface area (Å²) in [5.41, 5.74) is 3.67. The number of hydrogen-bond acceptors (Lipinski definition) is 4. The molecule has 2 fully saturated rings. The van der Waals surface area contributed by atoms with E-state index in [1.807, 2.05) is 30.7 Å². The van der Waals surface area contributed by atoms with Crippen LogP contribution in [0.15, 0.2) is 29.2 Å². The largest absolute Gasteiger partial charge is 0.347 e. The number of rotatable bonds is 4. The number of fused-ring (bicyclic) bond motifs is 3. The summed E-state index contributed by atoms with van der Waals surface area (Å²) >= 11 is 0. The summed E-state index contributed by atoms with van der Waals surface area (Å²) in [7, 11) is -3.52. The fourth-order valence-electron chi connectivity index (χ4n) is 5.23. The van der Waals surface area contributed by atoms with Crippen molar-refractivity contribution in [3.8, 4) is 0 Å². The van der Waals surface area contributed by atoms with Gasteiger partial charge in [0.1, 0.15) is 5.69 Å². The number of aromatic nitrogens is 2. The van der Waals surface area contributed by atoms with E-state index in [-0.39, 0.29) is 23.8 Å². The van der Waals surface area contributed by atoms with Gasteiger partial charge >= 0.3 is 0 Å². The first kappa shape index (κ1) is 19.8. The van der Waals surface area contributed by atoms with Gasteiger partial charge < -0.3 is 5.32 Å². The van der Waals surface area contributed by atoms with Crippen molar-refractivity contribution in [1.82, 2.24) is 19.4 Å². The van der Waals surface area contributed by atoms with Gasteiger partial charge in [-0.05, 0) is 80.7 Å². The minimum Gasteiger partial charge on any atom is -0.347 e. The molecule has 1 saturated carbocycles. The summed E-state index contributed by atoms with van der Waals surface area (Å²) in [6.07, 6.45) is 3.94. The fourth-order valence-corrected chi connectivity index (χ4v) is 6.87. The molecule has 1 aromatic carbocycles. The van der Waals surface area contributed by atoms with Crippen molar-refractivity contribution in [2.75, 3.05) is 13.1 Å². The molecule has 30 heavy (non-hydrogen) atoms. The number of nitrogens with one attached hydrogen (secondary N) is 1. The van der Waals surface area contributed by atoms with E-state index >= 15 is 0 Å². The molecule has 1 N–H and O–H groups in total. The number of amides is 1. The smallest absolute Gasteiger partial charge is 0.272 e. The monoisotopic (exact) mass is 428 g/mol. The van der Waals surface area contributed by atoms with Crippen LogP contribution in [-0.4, -0.2) is 47.5 Å². The van der Waals surface area contributed by atoms with Crippen LogP contribution in [0.5, 0.6) is 0 Å². The van der Waals surface area contributed by atoms with Crippen LogP contribution in [0.1, 0.15) is 46.6 Å². The van der Waals surface area contributed by atoms with E-state index in [0.717, 1.165) is 49.0 Å². The van der Waals surface area contributed by atoms with Gasteiger partial charge in [0.05, 0.1) is 4.90 Å². The Morgan fingerprint density at radius 3 is 2.50 bits per heavy atom. The summed E-state index contributed by atoms with van der Waals surface area (Å²) in [4.78, 5) is 13.1. The van der Waals surface area contributed by atoms with E-state index in [1.54, 1.807) is 16.4 Å². The van der Waals surface area contributed by atoms with Gasteiger partial charge in [-0.2, -0.15) is 9.40 Å². The molecule has 160 valence electrons. The number of piperidine rings is 1. The van der Waals surface area contributed by atoms with E-state index in [0.29, 0.717) is 23.7 Å². The first-order valence-corrected chi connectivity index (χ1v) is 12.2. The van der Waals surface area contributed by atoms with Gasteiger partial charge in [0.15, 0.2) is 0 Å². The van der Waals surface area contributed by atoms with Crippen LogP contribution < -0.4 is 5.32 Å². The third-order valence-corrected chi connectivity index (χ3v) is 8.94. The average molecular weight is 429 g/mol. The molecule has 8 heteroatoms. The molecule has 3 aliphatic rings. The molecule has 3 heterocycles. The van der Waals surface area contributed by atoms with Crippen molar-refractivity contribution in [3.05, 3.63) is 46.8 Å². The maximum absolute atomic E-state index is 13.2. The number of carbonyl (C=O) groups excluding carboxylic acids is 1. The van der Waals surface area contributed by atoms with Crippen molar-refractivity contribution in [1.29, 1.82) is 0 Å². The molecule has 2 aromatic rings. The highest BCUT2D eigenvalue weighted by Crippen LogP contribution is 2.39. The Morgan fingerprint density at radius 2 is 1.83 bits per heavy atom. The maximum atomic E-state index is 13.2. The predicted octanol–water partition coefficient (Wildman–Crippen LogP) is 2.28. The molecular weight excluding hydrogens is 400 g/mol. The first-order valence-electron chi connectivity index (χ1n) is 10.8. The Balaban J connectivity index is 1.30. The molecule has 1 aliphatic carbocycles. The Labute approximate surface area is 177 Å².